The van der Waals surface area contributed by atoms with Gasteiger partial charge >= 0.3 is 5.69 Å². The van der Waals surface area contributed by atoms with E-state index in [-0.39, 0.29) is 11.7 Å². The Kier molecular flexibility index (Phi) is 5.05. The van der Waals surface area contributed by atoms with Crippen molar-refractivity contribution < 1.29 is 4.39 Å². The summed E-state index contributed by atoms with van der Waals surface area (Å²) in [5.74, 6) is 0.958. The minimum absolute atomic E-state index is 0.233. The van der Waals surface area contributed by atoms with Gasteiger partial charge in [-0.25, -0.2) is 19.2 Å². The van der Waals surface area contributed by atoms with Gasteiger partial charge in [-0.3, -0.25) is 13.9 Å². The van der Waals surface area contributed by atoms with Gasteiger partial charge in [-0.05, 0) is 24.5 Å². The van der Waals surface area contributed by atoms with Crippen LogP contribution in [-0.4, -0.2) is 19.1 Å². The lowest BCUT2D eigenvalue weighted by Crippen LogP contribution is -2.38. The van der Waals surface area contributed by atoms with E-state index in [1.54, 1.807) is 25.2 Å². The molecule has 2 heterocycles. The predicted molar refractivity (Wildman–Crippen MR) is 107 cm³/mol. The van der Waals surface area contributed by atoms with Crippen LogP contribution >= 0.6 is 11.8 Å². The van der Waals surface area contributed by atoms with E-state index >= 15 is 0 Å². The van der Waals surface area contributed by atoms with Crippen molar-refractivity contribution in [2.24, 2.45) is 14.1 Å². The first-order chi connectivity index (χ1) is 13.5. The quantitative estimate of drug-likeness (QED) is 0.497. The minimum Gasteiger partial charge on any atom is -0.280 e. The van der Waals surface area contributed by atoms with Crippen molar-refractivity contribution in [1.82, 2.24) is 19.1 Å². The van der Waals surface area contributed by atoms with E-state index in [1.807, 2.05) is 0 Å². The number of hydrogen-bond donors (Lipinski definition) is 0. The Morgan fingerprint density at radius 2 is 1.82 bits per heavy atom. The standard InChI is InChI=1S/C20H21FN4O2S/c1-24-17-15(19(26)25(2)20(24)27)18(23-16(22-17)12-7-3-4-8-12)28-11-13-9-5-6-10-14(13)21/h5-6,9-10,12H,3-4,7-8,11H2,1-2H3. The molecule has 8 heteroatoms. The van der Waals surface area contributed by atoms with Gasteiger partial charge in [-0.2, -0.15) is 0 Å². The van der Waals surface area contributed by atoms with E-state index in [0.717, 1.165) is 30.3 Å². The van der Waals surface area contributed by atoms with Gasteiger partial charge < -0.3 is 0 Å². The highest BCUT2D eigenvalue weighted by Crippen LogP contribution is 2.34. The third-order valence-electron chi connectivity index (χ3n) is 5.33. The number of halogens is 1. The lowest BCUT2D eigenvalue weighted by atomic mass is 10.1. The fourth-order valence-corrected chi connectivity index (χ4v) is 4.68. The molecule has 146 valence electrons. The molecule has 1 aromatic carbocycles. The fourth-order valence-electron chi connectivity index (χ4n) is 3.68. The Balaban J connectivity index is 1.88. The van der Waals surface area contributed by atoms with Crippen LogP contribution in [0.5, 0.6) is 0 Å². The minimum atomic E-state index is -0.424. The van der Waals surface area contributed by atoms with Crippen LogP contribution in [0, 0.1) is 5.82 Å². The number of nitrogens with zero attached hydrogens (tertiary/aromatic N) is 4. The van der Waals surface area contributed by atoms with Crippen molar-refractivity contribution in [1.29, 1.82) is 0 Å². The molecule has 28 heavy (non-hydrogen) atoms. The molecule has 0 atom stereocenters. The Morgan fingerprint density at radius 3 is 2.54 bits per heavy atom. The molecule has 0 amide bonds. The second kappa shape index (κ2) is 7.50. The van der Waals surface area contributed by atoms with E-state index in [1.165, 1.54) is 29.4 Å². The summed E-state index contributed by atoms with van der Waals surface area (Å²) in [5, 5.41) is 0.819. The Hall–Kier alpha value is -2.48. The number of hydrogen-bond acceptors (Lipinski definition) is 5. The van der Waals surface area contributed by atoms with Crippen LogP contribution in [0.4, 0.5) is 4.39 Å². The van der Waals surface area contributed by atoms with Crippen molar-refractivity contribution >= 4 is 22.8 Å². The molecule has 0 spiro atoms. The van der Waals surface area contributed by atoms with E-state index in [4.69, 9.17) is 4.98 Å². The molecule has 0 bridgehead atoms. The van der Waals surface area contributed by atoms with Gasteiger partial charge in [0.2, 0.25) is 0 Å². The van der Waals surface area contributed by atoms with Gasteiger partial charge in [0.05, 0.1) is 0 Å². The summed E-state index contributed by atoms with van der Waals surface area (Å²) in [6.07, 6.45) is 4.25. The molecule has 0 aliphatic heterocycles. The highest BCUT2D eigenvalue weighted by molar-refractivity contribution is 7.98. The smallest absolute Gasteiger partial charge is 0.280 e. The van der Waals surface area contributed by atoms with E-state index in [0.29, 0.717) is 33.2 Å². The number of aryl methyl sites for hydroxylation is 1. The molecule has 1 aliphatic rings. The van der Waals surface area contributed by atoms with Crippen LogP contribution < -0.4 is 11.2 Å². The first-order valence-electron chi connectivity index (χ1n) is 9.31. The zero-order valence-electron chi connectivity index (χ0n) is 15.8. The molecule has 1 aliphatic carbocycles. The summed E-state index contributed by atoms with van der Waals surface area (Å²) in [7, 11) is 3.06. The number of aromatic nitrogens is 4. The maximum absolute atomic E-state index is 14.0. The van der Waals surface area contributed by atoms with Crippen molar-refractivity contribution in [2.75, 3.05) is 0 Å². The van der Waals surface area contributed by atoms with Crippen LogP contribution in [0.1, 0.15) is 43.0 Å². The molecule has 1 fully saturated rings. The molecule has 0 N–H and O–H groups in total. The Labute approximate surface area is 165 Å². The summed E-state index contributed by atoms with van der Waals surface area (Å²) >= 11 is 1.31. The molecule has 0 unspecified atom stereocenters. The zero-order chi connectivity index (χ0) is 19.8. The van der Waals surface area contributed by atoms with E-state index in [2.05, 4.69) is 4.98 Å². The molecule has 1 saturated carbocycles. The number of fused-ring (bicyclic) bond motifs is 1. The van der Waals surface area contributed by atoms with Gasteiger partial charge in [0.25, 0.3) is 5.56 Å². The average molecular weight is 400 g/mol. The van der Waals surface area contributed by atoms with E-state index in [9.17, 15) is 14.0 Å². The first-order valence-corrected chi connectivity index (χ1v) is 10.3. The van der Waals surface area contributed by atoms with Crippen molar-refractivity contribution in [3.63, 3.8) is 0 Å². The monoisotopic (exact) mass is 400 g/mol. The van der Waals surface area contributed by atoms with Crippen molar-refractivity contribution in [3.8, 4) is 0 Å². The molecule has 2 aromatic heterocycles. The van der Waals surface area contributed by atoms with Crippen LogP contribution in [0.25, 0.3) is 11.0 Å². The van der Waals surface area contributed by atoms with E-state index < -0.39 is 11.2 Å². The molecular formula is C20H21FN4O2S. The predicted octanol–water partition coefficient (Wildman–Crippen LogP) is 3.12. The second-order valence-corrected chi connectivity index (χ2v) is 8.12. The highest BCUT2D eigenvalue weighted by Gasteiger charge is 2.24. The lowest BCUT2D eigenvalue weighted by molar-refractivity contribution is 0.617. The van der Waals surface area contributed by atoms with Gasteiger partial charge in [0.15, 0.2) is 5.65 Å². The number of thioether (sulfide) groups is 1. The third kappa shape index (κ3) is 3.26. The van der Waals surface area contributed by atoms with Gasteiger partial charge in [0.1, 0.15) is 22.1 Å². The van der Waals surface area contributed by atoms with Crippen molar-refractivity contribution in [3.05, 3.63) is 62.3 Å². The lowest BCUT2D eigenvalue weighted by Gasteiger charge is -2.14. The van der Waals surface area contributed by atoms with Gasteiger partial charge in [0, 0.05) is 25.8 Å². The van der Waals surface area contributed by atoms with Crippen molar-refractivity contribution in [2.45, 2.75) is 42.4 Å². The van der Waals surface area contributed by atoms with Crippen LogP contribution in [-0.2, 0) is 19.8 Å². The summed E-state index contributed by atoms with van der Waals surface area (Å²) in [4.78, 5) is 34.5. The number of benzene rings is 1. The summed E-state index contributed by atoms with van der Waals surface area (Å²) in [5.41, 5.74) is 0.0510. The fraction of sp³-hybridized carbons (Fsp3) is 0.400. The summed E-state index contributed by atoms with van der Waals surface area (Å²) in [6.45, 7) is 0. The zero-order valence-corrected chi connectivity index (χ0v) is 16.6. The number of rotatable bonds is 4. The highest BCUT2D eigenvalue weighted by atomic mass is 32.2. The SMILES string of the molecule is Cn1c(=O)c2c(SCc3ccccc3F)nc(C3CCCC3)nc2n(C)c1=O. The Bertz CT molecular complexity index is 1170. The van der Waals surface area contributed by atoms with Crippen LogP contribution in [0.2, 0.25) is 0 Å². The maximum atomic E-state index is 14.0. The third-order valence-corrected chi connectivity index (χ3v) is 6.35. The Morgan fingerprint density at radius 1 is 1.11 bits per heavy atom. The molecular weight excluding hydrogens is 379 g/mol. The van der Waals surface area contributed by atoms with Gasteiger partial charge in [-0.1, -0.05) is 31.0 Å². The molecule has 3 aromatic rings. The molecule has 6 nitrogen and oxygen atoms in total. The average Bonchev–Trinajstić information content (AvgIpc) is 3.24. The van der Waals surface area contributed by atoms with Gasteiger partial charge in [-0.15, -0.1) is 11.8 Å². The topological polar surface area (TPSA) is 69.8 Å². The largest absolute Gasteiger partial charge is 0.332 e. The first kappa shape index (κ1) is 18.9. The second-order valence-electron chi connectivity index (χ2n) is 7.15. The molecule has 0 radical (unpaired) electrons. The normalized spacial score (nSPS) is 14.8. The summed E-state index contributed by atoms with van der Waals surface area (Å²) < 4.78 is 16.5. The van der Waals surface area contributed by atoms with Crippen LogP contribution in [0.3, 0.4) is 0 Å². The maximum Gasteiger partial charge on any atom is 0.332 e. The molecule has 0 saturated heterocycles. The molecule has 4 rings (SSSR count). The summed E-state index contributed by atoms with van der Waals surface area (Å²) in [6, 6.07) is 6.56. The van der Waals surface area contributed by atoms with Crippen LogP contribution in [0.15, 0.2) is 38.9 Å².